The van der Waals surface area contributed by atoms with E-state index in [4.69, 9.17) is 21.1 Å². The highest BCUT2D eigenvalue weighted by Crippen LogP contribution is 2.31. The summed E-state index contributed by atoms with van der Waals surface area (Å²) in [5.41, 5.74) is 1.61. The smallest absolute Gasteiger partial charge is 0.238 e. The van der Waals surface area contributed by atoms with Gasteiger partial charge < -0.3 is 19.7 Å². The quantitative estimate of drug-likeness (QED) is 0.749. The first-order valence-electron chi connectivity index (χ1n) is 9.27. The highest BCUT2D eigenvalue weighted by molar-refractivity contribution is 6.30. The molecule has 0 saturated heterocycles. The monoisotopic (exact) mass is 417 g/mol. The zero-order valence-corrected chi connectivity index (χ0v) is 17.2. The van der Waals surface area contributed by atoms with Gasteiger partial charge in [0.25, 0.3) is 0 Å². The summed E-state index contributed by atoms with van der Waals surface area (Å²) in [6.07, 6.45) is 0. The summed E-state index contributed by atoms with van der Waals surface area (Å²) in [6.45, 7) is 1.75. The summed E-state index contributed by atoms with van der Waals surface area (Å²) in [7, 11) is 3.47. The molecule has 8 heteroatoms. The predicted molar refractivity (Wildman–Crippen MR) is 111 cm³/mol. The van der Waals surface area contributed by atoms with Crippen LogP contribution in [0.4, 0.5) is 5.69 Å². The number of nitrogens with one attached hydrogen (secondary N) is 1. The summed E-state index contributed by atoms with van der Waals surface area (Å²) < 4.78 is 11.1. The van der Waals surface area contributed by atoms with Gasteiger partial charge in [0.15, 0.2) is 11.5 Å². The minimum absolute atomic E-state index is 0.0818. The number of carbonyl (C=O) groups excluding carboxylic acids is 2. The summed E-state index contributed by atoms with van der Waals surface area (Å²) in [6, 6.07) is 12.5. The number of hydrogen-bond acceptors (Lipinski definition) is 5. The summed E-state index contributed by atoms with van der Waals surface area (Å²) in [5, 5.41) is 3.38. The van der Waals surface area contributed by atoms with Crippen molar-refractivity contribution in [1.82, 2.24) is 9.80 Å². The Hall–Kier alpha value is -2.77. The van der Waals surface area contributed by atoms with Crippen molar-refractivity contribution in [2.24, 2.45) is 0 Å². The minimum Gasteiger partial charge on any atom is -0.486 e. The molecule has 1 aliphatic heterocycles. The molecule has 0 aliphatic carbocycles. The Morgan fingerprint density at radius 2 is 1.69 bits per heavy atom. The lowest BCUT2D eigenvalue weighted by Gasteiger charge is -2.23. The average molecular weight is 418 g/mol. The highest BCUT2D eigenvalue weighted by atomic mass is 35.5. The Kier molecular flexibility index (Phi) is 6.95. The number of fused-ring (bicyclic) bond motifs is 1. The van der Waals surface area contributed by atoms with Gasteiger partial charge in [0.2, 0.25) is 11.8 Å². The van der Waals surface area contributed by atoms with Crippen LogP contribution in [0.25, 0.3) is 0 Å². The second kappa shape index (κ2) is 9.62. The Balaban J connectivity index is 1.47. The van der Waals surface area contributed by atoms with E-state index >= 15 is 0 Å². The van der Waals surface area contributed by atoms with Gasteiger partial charge in [-0.1, -0.05) is 17.7 Å². The van der Waals surface area contributed by atoms with E-state index in [1.54, 1.807) is 48.2 Å². The number of rotatable bonds is 7. The van der Waals surface area contributed by atoms with Crippen molar-refractivity contribution in [2.45, 2.75) is 6.54 Å². The van der Waals surface area contributed by atoms with Crippen molar-refractivity contribution in [3.05, 3.63) is 53.1 Å². The molecular formula is C21H24ClN3O4. The number of ether oxygens (including phenoxy) is 2. The molecule has 2 aromatic carbocycles. The topological polar surface area (TPSA) is 71.1 Å². The number of benzene rings is 2. The van der Waals surface area contributed by atoms with Crippen molar-refractivity contribution >= 4 is 29.1 Å². The van der Waals surface area contributed by atoms with Crippen LogP contribution in [0.2, 0.25) is 5.02 Å². The van der Waals surface area contributed by atoms with E-state index in [1.807, 2.05) is 18.2 Å². The van der Waals surface area contributed by atoms with Gasteiger partial charge >= 0.3 is 0 Å². The molecule has 0 saturated carbocycles. The summed E-state index contributed by atoms with van der Waals surface area (Å²) >= 11 is 5.84. The van der Waals surface area contributed by atoms with Crippen molar-refractivity contribution in [3.63, 3.8) is 0 Å². The number of likely N-dealkylation sites (N-methyl/N-ethyl adjacent to an activating group) is 2. The molecule has 0 fully saturated rings. The maximum atomic E-state index is 12.5. The van der Waals surface area contributed by atoms with Gasteiger partial charge in [-0.15, -0.1) is 0 Å². The molecule has 0 aromatic heterocycles. The van der Waals surface area contributed by atoms with Crippen LogP contribution in [-0.2, 0) is 16.1 Å². The Labute approximate surface area is 175 Å². The van der Waals surface area contributed by atoms with Crippen molar-refractivity contribution < 1.29 is 19.1 Å². The zero-order valence-electron chi connectivity index (χ0n) is 16.5. The fourth-order valence-corrected chi connectivity index (χ4v) is 3.06. The van der Waals surface area contributed by atoms with E-state index in [1.165, 1.54) is 0 Å². The third-order valence-electron chi connectivity index (χ3n) is 4.40. The first-order chi connectivity index (χ1) is 13.9. The van der Waals surface area contributed by atoms with Crippen molar-refractivity contribution in [2.75, 3.05) is 45.7 Å². The number of halogens is 1. The fourth-order valence-electron chi connectivity index (χ4n) is 2.93. The maximum Gasteiger partial charge on any atom is 0.238 e. The Bertz CT molecular complexity index is 873. The third kappa shape index (κ3) is 6.10. The Morgan fingerprint density at radius 3 is 2.41 bits per heavy atom. The third-order valence-corrected chi connectivity index (χ3v) is 4.65. The van der Waals surface area contributed by atoms with Crippen molar-refractivity contribution in [1.29, 1.82) is 0 Å². The zero-order chi connectivity index (χ0) is 20.8. The molecule has 2 aromatic rings. The molecule has 0 radical (unpaired) electrons. The number of carbonyl (C=O) groups is 2. The lowest BCUT2D eigenvalue weighted by Crippen LogP contribution is -2.39. The molecule has 2 amide bonds. The van der Waals surface area contributed by atoms with Crippen LogP contribution in [0.1, 0.15) is 5.56 Å². The van der Waals surface area contributed by atoms with E-state index in [-0.39, 0.29) is 24.9 Å². The number of hydrogen-bond donors (Lipinski definition) is 1. The van der Waals surface area contributed by atoms with E-state index in [2.05, 4.69) is 5.32 Å². The molecular weight excluding hydrogens is 394 g/mol. The van der Waals surface area contributed by atoms with Crippen LogP contribution in [0, 0.1) is 0 Å². The molecule has 154 valence electrons. The van der Waals surface area contributed by atoms with E-state index in [0.717, 1.165) is 11.3 Å². The summed E-state index contributed by atoms with van der Waals surface area (Å²) in [4.78, 5) is 28.0. The molecule has 0 atom stereocenters. The SMILES string of the molecule is CN(CC(=O)Nc1ccc(Cl)cc1)CC(=O)N(C)Cc1ccc2c(c1)OCCO2. The molecule has 1 aliphatic rings. The summed E-state index contributed by atoms with van der Waals surface area (Å²) in [5.74, 6) is 1.14. The van der Waals surface area contributed by atoms with E-state index in [0.29, 0.717) is 36.2 Å². The van der Waals surface area contributed by atoms with Gasteiger partial charge in [-0.2, -0.15) is 0 Å². The first-order valence-corrected chi connectivity index (χ1v) is 9.65. The lowest BCUT2D eigenvalue weighted by molar-refractivity contribution is -0.131. The molecule has 3 rings (SSSR count). The van der Waals surface area contributed by atoms with Gasteiger partial charge in [0.05, 0.1) is 13.1 Å². The number of nitrogens with zero attached hydrogens (tertiary/aromatic N) is 2. The van der Waals surface area contributed by atoms with Crippen LogP contribution in [0.3, 0.4) is 0 Å². The van der Waals surface area contributed by atoms with Crippen LogP contribution < -0.4 is 14.8 Å². The molecule has 1 heterocycles. The minimum atomic E-state index is -0.197. The van der Waals surface area contributed by atoms with E-state index in [9.17, 15) is 9.59 Å². The second-order valence-corrected chi connectivity index (χ2v) is 7.39. The maximum absolute atomic E-state index is 12.5. The van der Waals surface area contributed by atoms with E-state index < -0.39 is 0 Å². The predicted octanol–water partition coefficient (Wildman–Crippen LogP) is 2.64. The van der Waals surface area contributed by atoms with Gasteiger partial charge in [0, 0.05) is 24.3 Å². The fraction of sp³-hybridized carbons (Fsp3) is 0.333. The highest BCUT2D eigenvalue weighted by Gasteiger charge is 2.17. The molecule has 0 bridgehead atoms. The van der Waals surface area contributed by atoms with Crippen LogP contribution in [0.15, 0.2) is 42.5 Å². The van der Waals surface area contributed by atoms with Crippen LogP contribution >= 0.6 is 11.6 Å². The standard InChI is InChI=1S/C21H24ClN3O4/c1-24(13-20(26)23-17-6-4-16(22)5-7-17)14-21(27)25(2)12-15-3-8-18-19(11-15)29-10-9-28-18/h3-8,11H,9-10,12-14H2,1-2H3,(H,23,26). The molecule has 1 N–H and O–H groups in total. The normalized spacial score (nSPS) is 12.6. The van der Waals surface area contributed by atoms with Gasteiger partial charge in [-0.25, -0.2) is 0 Å². The number of anilines is 1. The average Bonchev–Trinajstić information content (AvgIpc) is 2.69. The largest absolute Gasteiger partial charge is 0.486 e. The molecule has 0 spiro atoms. The lowest BCUT2D eigenvalue weighted by atomic mass is 10.2. The Morgan fingerprint density at radius 1 is 1.00 bits per heavy atom. The molecule has 0 unspecified atom stereocenters. The molecule has 29 heavy (non-hydrogen) atoms. The van der Waals surface area contributed by atoms with Gasteiger partial charge in [-0.3, -0.25) is 14.5 Å². The van der Waals surface area contributed by atoms with Crippen LogP contribution in [0.5, 0.6) is 11.5 Å². The first kappa shape index (κ1) is 21.0. The van der Waals surface area contributed by atoms with Crippen LogP contribution in [-0.4, -0.2) is 62.0 Å². The molecule has 7 nitrogen and oxygen atoms in total. The number of amides is 2. The van der Waals surface area contributed by atoms with Gasteiger partial charge in [0.1, 0.15) is 13.2 Å². The van der Waals surface area contributed by atoms with Crippen molar-refractivity contribution in [3.8, 4) is 11.5 Å². The van der Waals surface area contributed by atoms with Gasteiger partial charge in [-0.05, 0) is 49.0 Å². The second-order valence-electron chi connectivity index (χ2n) is 6.96.